The SMILES string of the molecule is CC(=NNC(=O)c1ccccc1O)C1=C(O)c2ccccc2C1=O. The summed E-state index contributed by atoms with van der Waals surface area (Å²) < 4.78 is 0. The summed E-state index contributed by atoms with van der Waals surface area (Å²) in [5.41, 5.74) is 3.41. The number of Topliss-reactive ketones (excluding diaryl/α,β-unsaturated/α-hetero) is 1. The van der Waals surface area contributed by atoms with E-state index in [2.05, 4.69) is 10.5 Å². The van der Waals surface area contributed by atoms with E-state index in [1.807, 2.05) is 0 Å². The van der Waals surface area contributed by atoms with Crippen LogP contribution in [-0.4, -0.2) is 27.6 Å². The molecular formula is C18H14N2O4. The molecule has 1 aliphatic rings. The average molecular weight is 322 g/mol. The Kier molecular flexibility index (Phi) is 3.87. The number of hydrogen-bond donors (Lipinski definition) is 3. The molecule has 2 aromatic rings. The van der Waals surface area contributed by atoms with E-state index in [0.29, 0.717) is 11.1 Å². The van der Waals surface area contributed by atoms with Crippen LogP contribution in [0, 0.1) is 0 Å². The molecule has 0 atom stereocenters. The van der Waals surface area contributed by atoms with Gasteiger partial charge >= 0.3 is 0 Å². The molecule has 0 fully saturated rings. The lowest BCUT2D eigenvalue weighted by Crippen LogP contribution is -2.20. The zero-order valence-electron chi connectivity index (χ0n) is 12.8. The fourth-order valence-corrected chi connectivity index (χ4v) is 2.52. The number of aromatic hydroxyl groups is 1. The van der Waals surface area contributed by atoms with Crippen molar-refractivity contribution in [1.82, 2.24) is 5.43 Å². The van der Waals surface area contributed by atoms with Gasteiger partial charge in [-0.25, -0.2) is 5.43 Å². The van der Waals surface area contributed by atoms with Crippen LogP contribution in [0.15, 0.2) is 59.2 Å². The van der Waals surface area contributed by atoms with Crippen LogP contribution < -0.4 is 5.43 Å². The van der Waals surface area contributed by atoms with Gasteiger partial charge in [-0.15, -0.1) is 0 Å². The number of rotatable bonds is 3. The molecule has 120 valence electrons. The summed E-state index contributed by atoms with van der Waals surface area (Å²) in [5.74, 6) is -1.29. The van der Waals surface area contributed by atoms with Gasteiger partial charge in [0.15, 0.2) is 5.78 Å². The minimum Gasteiger partial charge on any atom is -0.507 e. The number of amides is 1. The van der Waals surface area contributed by atoms with Crippen molar-refractivity contribution in [2.24, 2.45) is 5.10 Å². The molecule has 6 nitrogen and oxygen atoms in total. The van der Waals surface area contributed by atoms with E-state index < -0.39 is 5.91 Å². The van der Waals surface area contributed by atoms with Gasteiger partial charge in [0.2, 0.25) is 0 Å². The third-order valence-electron chi connectivity index (χ3n) is 3.73. The van der Waals surface area contributed by atoms with Crippen LogP contribution in [0.1, 0.15) is 33.2 Å². The maximum atomic E-state index is 12.4. The topological polar surface area (TPSA) is 99.0 Å². The minimum absolute atomic E-state index is 0.0498. The minimum atomic E-state index is -0.615. The number of nitrogens with zero attached hydrogens (tertiary/aromatic N) is 1. The number of nitrogens with one attached hydrogen (secondary N) is 1. The molecule has 0 radical (unpaired) electrons. The third-order valence-corrected chi connectivity index (χ3v) is 3.73. The normalized spacial score (nSPS) is 13.9. The lowest BCUT2D eigenvalue weighted by atomic mass is 10.1. The van der Waals surface area contributed by atoms with Gasteiger partial charge in [-0.3, -0.25) is 9.59 Å². The summed E-state index contributed by atoms with van der Waals surface area (Å²) in [5, 5.41) is 23.8. The van der Waals surface area contributed by atoms with Crippen LogP contribution in [0.2, 0.25) is 0 Å². The lowest BCUT2D eigenvalue weighted by Gasteiger charge is -2.05. The average Bonchev–Trinajstić information content (AvgIpc) is 2.84. The van der Waals surface area contributed by atoms with E-state index >= 15 is 0 Å². The molecule has 0 saturated carbocycles. The third kappa shape index (κ3) is 2.54. The first-order chi connectivity index (χ1) is 11.5. The first-order valence-electron chi connectivity index (χ1n) is 7.21. The van der Waals surface area contributed by atoms with E-state index in [4.69, 9.17) is 0 Å². The molecule has 24 heavy (non-hydrogen) atoms. The smallest absolute Gasteiger partial charge is 0.275 e. The van der Waals surface area contributed by atoms with Crippen LogP contribution in [0.3, 0.4) is 0 Å². The van der Waals surface area contributed by atoms with Crippen molar-refractivity contribution in [3.05, 3.63) is 70.8 Å². The summed E-state index contributed by atoms with van der Waals surface area (Å²) in [6.45, 7) is 1.51. The Balaban J connectivity index is 1.85. The molecule has 0 bridgehead atoms. The second-order valence-corrected chi connectivity index (χ2v) is 5.25. The molecule has 2 aromatic carbocycles. The number of carbonyl (C=O) groups is 2. The van der Waals surface area contributed by atoms with Gasteiger partial charge in [0.05, 0.1) is 16.8 Å². The van der Waals surface area contributed by atoms with Crippen LogP contribution in [0.25, 0.3) is 5.76 Å². The molecule has 6 heteroatoms. The van der Waals surface area contributed by atoms with Gasteiger partial charge in [0.1, 0.15) is 11.5 Å². The summed E-state index contributed by atoms with van der Waals surface area (Å²) in [4.78, 5) is 24.4. The molecule has 1 amide bonds. The van der Waals surface area contributed by atoms with Gasteiger partial charge in [-0.05, 0) is 19.1 Å². The Labute approximate surface area is 137 Å². The maximum Gasteiger partial charge on any atom is 0.275 e. The molecule has 1 aliphatic carbocycles. The molecule has 0 heterocycles. The second-order valence-electron chi connectivity index (χ2n) is 5.25. The molecule has 0 unspecified atom stereocenters. The highest BCUT2D eigenvalue weighted by Gasteiger charge is 2.31. The summed E-state index contributed by atoms with van der Waals surface area (Å²) in [7, 11) is 0. The van der Waals surface area contributed by atoms with Crippen molar-refractivity contribution in [2.45, 2.75) is 6.92 Å². The molecule has 0 aliphatic heterocycles. The predicted octanol–water partition coefficient (Wildman–Crippen LogP) is 2.66. The highest BCUT2D eigenvalue weighted by Crippen LogP contribution is 2.31. The number of allylic oxidation sites excluding steroid dienone is 1. The number of phenols is 1. The second kappa shape index (κ2) is 6.00. The maximum absolute atomic E-state index is 12.4. The van der Waals surface area contributed by atoms with Crippen molar-refractivity contribution in [1.29, 1.82) is 0 Å². The van der Waals surface area contributed by atoms with Gasteiger partial charge in [0, 0.05) is 11.1 Å². The Morgan fingerprint density at radius 2 is 1.62 bits per heavy atom. The van der Waals surface area contributed by atoms with Gasteiger partial charge in [-0.2, -0.15) is 5.10 Å². The van der Waals surface area contributed by atoms with Crippen molar-refractivity contribution in [3.63, 3.8) is 0 Å². The molecule has 3 N–H and O–H groups in total. The monoisotopic (exact) mass is 322 g/mol. The standard InChI is InChI=1S/C18H14N2O4/c1-10(19-20-18(24)13-8-4-5-9-14(13)21)15-16(22)11-6-2-3-7-12(11)17(15)23/h2-9,21-22H,1H3,(H,20,24). The number of para-hydroxylation sites is 1. The fourth-order valence-electron chi connectivity index (χ4n) is 2.52. The Hall–Kier alpha value is -3.41. The van der Waals surface area contributed by atoms with Crippen LogP contribution >= 0.6 is 0 Å². The Morgan fingerprint density at radius 1 is 1.00 bits per heavy atom. The highest BCUT2D eigenvalue weighted by atomic mass is 16.3. The lowest BCUT2D eigenvalue weighted by molar-refractivity contribution is 0.0950. The predicted molar refractivity (Wildman–Crippen MR) is 89.0 cm³/mol. The Bertz CT molecular complexity index is 913. The first-order valence-corrected chi connectivity index (χ1v) is 7.21. The first kappa shape index (κ1) is 15.5. The molecule has 0 aromatic heterocycles. The van der Waals surface area contributed by atoms with E-state index in [1.54, 1.807) is 36.4 Å². The fraction of sp³-hybridized carbons (Fsp3) is 0.0556. The number of benzene rings is 2. The molecule has 3 rings (SSSR count). The van der Waals surface area contributed by atoms with Crippen molar-refractivity contribution in [3.8, 4) is 5.75 Å². The van der Waals surface area contributed by atoms with Crippen LogP contribution in [0.4, 0.5) is 0 Å². The van der Waals surface area contributed by atoms with E-state index in [-0.39, 0.29) is 34.1 Å². The summed E-state index contributed by atoms with van der Waals surface area (Å²) >= 11 is 0. The zero-order valence-corrected chi connectivity index (χ0v) is 12.8. The number of phenolic OH excluding ortho intramolecular Hbond substituents is 1. The Morgan fingerprint density at radius 3 is 2.29 bits per heavy atom. The zero-order chi connectivity index (χ0) is 17.3. The molecule has 0 spiro atoms. The van der Waals surface area contributed by atoms with Crippen LogP contribution in [0.5, 0.6) is 5.75 Å². The van der Waals surface area contributed by atoms with E-state index in [9.17, 15) is 19.8 Å². The van der Waals surface area contributed by atoms with Gasteiger partial charge in [-0.1, -0.05) is 36.4 Å². The number of aliphatic hydroxyl groups excluding tert-OH is 1. The number of carbonyl (C=O) groups excluding carboxylic acids is 2. The van der Waals surface area contributed by atoms with E-state index in [0.717, 1.165) is 0 Å². The highest BCUT2D eigenvalue weighted by molar-refractivity contribution is 6.35. The number of aliphatic hydroxyl groups is 1. The van der Waals surface area contributed by atoms with Crippen molar-refractivity contribution >= 4 is 23.2 Å². The van der Waals surface area contributed by atoms with Crippen molar-refractivity contribution < 1.29 is 19.8 Å². The van der Waals surface area contributed by atoms with Crippen LogP contribution in [-0.2, 0) is 0 Å². The number of hydrazone groups is 1. The van der Waals surface area contributed by atoms with Gasteiger partial charge < -0.3 is 10.2 Å². The number of fused-ring (bicyclic) bond motifs is 1. The van der Waals surface area contributed by atoms with Gasteiger partial charge in [0.25, 0.3) is 5.91 Å². The number of hydrogen-bond acceptors (Lipinski definition) is 5. The van der Waals surface area contributed by atoms with Crippen molar-refractivity contribution in [2.75, 3.05) is 0 Å². The van der Waals surface area contributed by atoms with E-state index in [1.165, 1.54) is 19.1 Å². The molecular weight excluding hydrogens is 308 g/mol. The largest absolute Gasteiger partial charge is 0.507 e. The summed E-state index contributed by atoms with van der Waals surface area (Å²) in [6, 6.07) is 12.7. The summed E-state index contributed by atoms with van der Waals surface area (Å²) in [6.07, 6.45) is 0. The number of ketones is 1. The quantitative estimate of drug-likeness (QED) is 0.597. The molecule has 0 saturated heterocycles.